The fraction of sp³-hybridized carbons (Fsp3) is 0.417. The molecule has 0 fully saturated rings. The highest BCUT2D eigenvalue weighted by Crippen LogP contribution is 2.33. The summed E-state index contributed by atoms with van der Waals surface area (Å²) in [6.07, 6.45) is -4.53. The van der Waals surface area contributed by atoms with Gasteiger partial charge in [-0.1, -0.05) is 0 Å². The highest BCUT2D eigenvalue weighted by molar-refractivity contribution is 5.55. The Labute approximate surface area is 107 Å². The molecule has 1 unspecified atom stereocenters. The lowest BCUT2D eigenvalue weighted by Gasteiger charge is -2.20. The molecule has 19 heavy (non-hydrogen) atoms. The smallest absolute Gasteiger partial charge is 0.406 e. The first kappa shape index (κ1) is 13.3. The van der Waals surface area contributed by atoms with Gasteiger partial charge in [0.05, 0.1) is 6.07 Å². The van der Waals surface area contributed by atoms with Crippen molar-refractivity contribution >= 4 is 5.69 Å². The van der Waals surface area contributed by atoms with E-state index in [9.17, 15) is 13.2 Å². The molecule has 0 saturated heterocycles. The zero-order chi connectivity index (χ0) is 13.9. The van der Waals surface area contributed by atoms with Crippen LogP contribution >= 0.6 is 0 Å². The van der Waals surface area contributed by atoms with Crippen molar-refractivity contribution in [2.75, 3.05) is 25.1 Å². The van der Waals surface area contributed by atoms with E-state index in [1.54, 1.807) is 18.2 Å². The standard InChI is InChI=1S/C12H11F3N2O2/c13-12(14,15)8(6-16)7-17-9-1-2-10-11(5-9)19-4-3-18-10/h1-2,5,8,17H,3-4,7H2. The van der Waals surface area contributed by atoms with Gasteiger partial charge in [-0.05, 0) is 12.1 Å². The number of nitriles is 1. The summed E-state index contributed by atoms with van der Waals surface area (Å²) >= 11 is 0. The number of nitrogens with zero attached hydrogens (tertiary/aromatic N) is 1. The first-order chi connectivity index (χ1) is 9.00. The Kier molecular flexibility index (Phi) is 3.69. The van der Waals surface area contributed by atoms with Crippen LogP contribution in [0.15, 0.2) is 18.2 Å². The fourth-order valence-corrected chi connectivity index (χ4v) is 1.61. The van der Waals surface area contributed by atoms with E-state index in [1.807, 2.05) is 0 Å². The predicted octanol–water partition coefficient (Wildman–Crippen LogP) is 2.57. The molecule has 102 valence electrons. The van der Waals surface area contributed by atoms with Crippen molar-refractivity contribution in [1.82, 2.24) is 0 Å². The van der Waals surface area contributed by atoms with Gasteiger partial charge in [-0.3, -0.25) is 0 Å². The zero-order valence-electron chi connectivity index (χ0n) is 9.83. The second kappa shape index (κ2) is 5.26. The van der Waals surface area contributed by atoms with Crippen LogP contribution in [0.25, 0.3) is 0 Å². The first-order valence-corrected chi connectivity index (χ1v) is 5.60. The highest BCUT2D eigenvalue weighted by atomic mass is 19.4. The van der Waals surface area contributed by atoms with Crippen LogP contribution < -0.4 is 14.8 Å². The molecule has 0 saturated carbocycles. The van der Waals surface area contributed by atoms with Gasteiger partial charge >= 0.3 is 6.18 Å². The Morgan fingerprint density at radius 2 is 1.95 bits per heavy atom. The molecule has 4 nitrogen and oxygen atoms in total. The molecule has 1 aromatic carbocycles. The fourth-order valence-electron chi connectivity index (χ4n) is 1.61. The molecule has 1 aromatic rings. The number of anilines is 1. The van der Waals surface area contributed by atoms with Gasteiger partial charge in [-0.25, -0.2) is 0 Å². The Balaban J connectivity index is 2.02. The molecule has 0 aromatic heterocycles. The normalized spacial score (nSPS) is 15.5. The van der Waals surface area contributed by atoms with E-state index in [0.717, 1.165) is 0 Å². The van der Waals surface area contributed by atoms with Crippen LogP contribution in [0.5, 0.6) is 11.5 Å². The van der Waals surface area contributed by atoms with Gasteiger partial charge in [-0.15, -0.1) is 0 Å². The Hall–Kier alpha value is -2.10. The van der Waals surface area contributed by atoms with Crippen LogP contribution in [-0.2, 0) is 0 Å². The third-order valence-electron chi connectivity index (χ3n) is 2.60. The van der Waals surface area contributed by atoms with Crippen molar-refractivity contribution in [2.24, 2.45) is 5.92 Å². The van der Waals surface area contributed by atoms with Gasteiger partial charge in [0.2, 0.25) is 0 Å². The molecule has 0 amide bonds. The van der Waals surface area contributed by atoms with Crippen molar-refractivity contribution in [1.29, 1.82) is 5.26 Å². The van der Waals surface area contributed by atoms with E-state index in [1.165, 1.54) is 6.07 Å². The quantitative estimate of drug-likeness (QED) is 0.918. The van der Waals surface area contributed by atoms with Crippen LogP contribution in [-0.4, -0.2) is 25.9 Å². The van der Waals surface area contributed by atoms with E-state index < -0.39 is 18.6 Å². The van der Waals surface area contributed by atoms with Crippen molar-refractivity contribution < 1.29 is 22.6 Å². The first-order valence-electron chi connectivity index (χ1n) is 5.60. The van der Waals surface area contributed by atoms with Crippen LogP contribution in [0, 0.1) is 17.2 Å². The number of alkyl halides is 3. The number of benzene rings is 1. The summed E-state index contributed by atoms with van der Waals surface area (Å²) in [5, 5.41) is 11.1. The number of hydrogen-bond acceptors (Lipinski definition) is 4. The average molecular weight is 272 g/mol. The van der Waals surface area contributed by atoms with Gasteiger partial charge < -0.3 is 14.8 Å². The monoisotopic (exact) mass is 272 g/mol. The highest BCUT2D eigenvalue weighted by Gasteiger charge is 2.39. The molecule has 0 radical (unpaired) electrons. The molecular formula is C12H11F3N2O2. The SMILES string of the molecule is N#CC(CNc1ccc2c(c1)OCCO2)C(F)(F)F. The summed E-state index contributed by atoms with van der Waals surface area (Å²) in [4.78, 5) is 0. The number of halogens is 3. The van der Waals surface area contributed by atoms with Crippen molar-refractivity contribution in [2.45, 2.75) is 6.18 Å². The summed E-state index contributed by atoms with van der Waals surface area (Å²) in [7, 11) is 0. The lowest BCUT2D eigenvalue weighted by atomic mass is 10.1. The minimum Gasteiger partial charge on any atom is -0.486 e. The summed E-state index contributed by atoms with van der Waals surface area (Å²) in [6.45, 7) is 0.351. The number of nitrogens with one attached hydrogen (secondary N) is 1. The van der Waals surface area contributed by atoms with Gasteiger partial charge in [0, 0.05) is 18.3 Å². The van der Waals surface area contributed by atoms with Gasteiger partial charge in [-0.2, -0.15) is 18.4 Å². The second-order valence-electron chi connectivity index (χ2n) is 3.96. The van der Waals surface area contributed by atoms with Crippen LogP contribution in [0.2, 0.25) is 0 Å². The maximum atomic E-state index is 12.4. The molecule has 1 heterocycles. The second-order valence-corrected chi connectivity index (χ2v) is 3.96. The third-order valence-corrected chi connectivity index (χ3v) is 2.60. The molecule has 0 bridgehead atoms. The number of hydrogen-bond donors (Lipinski definition) is 1. The summed E-state index contributed by atoms with van der Waals surface area (Å²) in [5.74, 6) is -0.998. The largest absolute Gasteiger partial charge is 0.486 e. The van der Waals surface area contributed by atoms with E-state index in [2.05, 4.69) is 5.32 Å². The summed E-state index contributed by atoms with van der Waals surface area (Å²) in [6, 6.07) is 5.98. The molecule has 0 aliphatic carbocycles. The third kappa shape index (κ3) is 3.22. The number of rotatable bonds is 3. The summed E-state index contributed by atoms with van der Waals surface area (Å²) < 4.78 is 47.8. The molecule has 1 aliphatic heterocycles. The van der Waals surface area contributed by atoms with Gasteiger partial charge in [0.15, 0.2) is 17.4 Å². The zero-order valence-corrected chi connectivity index (χ0v) is 9.83. The molecule has 1 aliphatic rings. The minimum atomic E-state index is -4.53. The van der Waals surface area contributed by atoms with Crippen LogP contribution in [0.4, 0.5) is 18.9 Å². The Morgan fingerprint density at radius 3 is 2.58 bits per heavy atom. The lowest BCUT2D eigenvalue weighted by molar-refractivity contribution is -0.155. The summed E-state index contributed by atoms with van der Waals surface area (Å²) in [5.41, 5.74) is 0.453. The van der Waals surface area contributed by atoms with E-state index in [4.69, 9.17) is 14.7 Å². The maximum absolute atomic E-state index is 12.4. The number of ether oxygens (including phenoxy) is 2. The maximum Gasteiger partial charge on any atom is 0.406 e. The Bertz CT molecular complexity index is 497. The van der Waals surface area contributed by atoms with Gasteiger partial charge in [0.25, 0.3) is 0 Å². The average Bonchev–Trinajstić information content (AvgIpc) is 2.37. The molecule has 0 spiro atoms. The van der Waals surface area contributed by atoms with Crippen LogP contribution in [0.1, 0.15) is 0 Å². The Morgan fingerprint density at radius 1 is 1.26 bits per heavy atom. The minimum absolute atomic E-state index is 0.403. The van der Waals surface area contributed by atoms with Crippen molar-refractivity contribution in [3.63, 3.8) is 0 Å². The molecule has 7 heteroatoms. The number of fused-ring (bicyclic) bond motifs is 1. The molecule has 1 N–H and O–H groups in total. The lowest BCUT2D eigenvalue weighted by Crippen LogP contribution is -2.28. The van der Waals surface area contributed by atoms with E-state index >= 15 is 0 Å². The van der Waals surface area contributed by atoms with Gasteiger partial charge in [0.1, 0.15) is 13.2 Å². The van der Waals surface area contributed by atoms with Crippen molar-refractivity contribution in [3.05, 3.63) is 18.2 Å². The topological polar surface area (TPSA) is 54.3 Å². The van der Waals surface area contributed by atoms with Crippen molar-refractivity contribution in [3.8, 4) is 17.6 Å². The van der Waals surface area contributed by atoms with E-state index in [-0.39, 0.29) is 0 Å². The molecule has 1 atom stereocenters. The molecular weight excluding hydrogens is 261 g/mol. The molecule has 2 rings (SSSR count). The predicted molar refractivity (Wildman–Crippen MR) is 61.1 cm³/mol. The van der Waals surface area contributed by atoms with E-state index in [0.29, 0.717) is 30.4 Å². The van der Waals surface area contributed by atoms with Crippen LogP contribution in [0.3, 0.4) is 0 Å².